The van der Waals surface area contributed by atoms with E-state index in [2.05, 4.69) is 10.3 Å². The molecule has 3 N–H and O–H groups in total. The van der Waals surface area contributed by atoms with Crippen LogP contribution in [-0.2, 0) is 32.1 Å². The first-order valence-corrected chi connectivity index (χ1v) is 10.9. The molecule has 1 heterocycles. The van der Waals surface area contributed by atoms with Crippen LogP contribution >= 0.6 is 0 Å². The zero-order valence-electron chi connectivity index (χ0n) is 18.6. The maximum atomic E-state index is 12.6. The first-order chi connectivity index (χ1) is 15.5. The molecule has 0 aliphatic heterocycles. The van der Waals surface area contributed by atoms with E-state index in [-0.39, 0.29) is 51.3 Å². The molecule has 2 rings (SSSR count). The number of nitrogens with zero attached hydrogens (tertiary/aromatic N) is 2. The zero-order valence-corrected chi connectivity index (χ0v) is 18.6. The summed E-state index contributed by atoms with van der Waals surface area (Å²) < 4.78 is 5.19. The largest absolute Gasteiger partial charge is 0.461 e. The van der Waals surface area contributed by atoms with E-state index in [1.165, 1.54) is 0 Å². The maximum Gasteiger partial charge on any atom is 0.307 e. The Bertz CT molecular complexity index is 874. The van der Waals surface area contributed by atoms with Gasteiger partial charge in [-0.05, 0) is 42.5 Å². The predicted molar refractivity (Wildman–Crippen MR) is 129 cm³/mol. The number of esters is 1. The SMILES string of the molecule is C.CCCN(CC(=O)NCCC(=O)OCc1ccccc1)C(=O)CCCc1ccnc(N)c1. The van der Waals surface area contributed by atoms with Gasteiger partial charge in [0.05, 0.1) is 13.0 Å². The number of hydrogen-bond acceptors (Lipinski definition) is 6. The predicted octanol–water partition coefficient (Wildman–Crippen LogP) is 3.11. The Balaban J connectivity index is 0.00000544. The molecule has 0 saturated heterocycles. The minimum atomic E-state index is -0.382. The number of nitrogens with two attached hydrogens (primary N) is 1. The van der Waals surface area contributed by atoms with Gasteiger partial charge in [-0.25, -0.2) is 4.98 Å². The highest BCUT2D eigenvalue weighted by atomic mass is 16.5. The van der Waals surface area contributed by atoms with Crippen molar-refractivity contribution in [2.75, 3.05) is 25.4 Å². The van der Waals surface area contributed by atoms with E-state index in [1.807, 2.05) is 43.3 Å². The molecule has 8 heteroatoms. The summed E-state index contributed by atoms with van der Waals surface area (Å²) in [6, 6.07) is 13.1. The summed E-state index contributed by atoms with van der Waals surface area (Å²) in [6.45, 7) is 2.82. The fourth-order valence-electron chi connectivity index (χ4n) is 3.16. The number of pyridine rings is 1. The molecule has 33 heavy (non-hydrogen) atoms. The van der Waals surface area contributed by atoms with Crippen LogP contribution in [0.3, 0.4) is 0 Å². The van der Waals surface area contributed by atoms with E-state index >= 15 is 0 Å². The molecule has 0 aliphatic rings. The molecule has 0 fully saturated rings. The van der Waals surface area contributed by atoms with E-state index in [0.717, 1.165) is 24.0 Å². The van der Waals surface area contributed by atoms with Gasteiger partial charge < -0.3 is 20.7 Å². The van der Waals surface area contributed by atoms with Crippen molar-refractivity contribution >= 4 is 23.6 Å². The average Bonchev–Trinajstić information content (AvgIpc) is 2.78. The molecule has 2 amide bonds. The molecular weight excluding hydrogens is 420 g/mol. The highest BCUT2D eigenvalue weighted by Crippen LogP contribution is 2.09. The lowest BCUT2D eigenvalue weighted by molar-refractivity contribution is -0.145. The topological polar surface area (TPSA) is 115 Å². The summed E-state index contributed by atoms with van der Waals surface area (Å²) in [7, 11) is 0. The fourth-order valence-corrected chi connectivity index (χ4v) is 3.16. The van der Waals surface area contributed by atoms with Crippen molar-refractivity contribution in [3.63, 3.8) is 0 Å². The second-order valence-corrected chi connectivity index (χ2v) is 7.50. The van der Waals surface area contributed by atoms with E-state index in [4.69, 9.17) is 10.5 Å². The zero-order chi connectivity index (χ0) is 23.2. The minimum Gasteiger partial charge on any atom is -0.461 e. The van der Waals surface area contributed by atoms with Gasteiger partial charge in [-0.15, -0.1) is 0 Å². The number of ether oxygens (including phenoxy) is 1. The van der Waals surface area contributed by atoms with Crippen molar-refractivity contribution in [2.24, 2.45) is 0 Å². The molecule has 8 nitrogen and oxygen atoms in total. The number of rotatable bonds is 13. The number of aryl methyl sites for hydroxylation is 1. The second-order valence-electron chi connectivity index (χ2n) is 7.50. The number of carbonyl (C=O) groups is 3. The Labute approximate surface area is 196 Å². The van der Waals surface area contributed by atoms with Gasteiger partial charge >= 0.3 is 5.97 Å². The van der Waals surface area contributed by atoms with Crippen LogP contribution in [0.4, 0.5) is 5.82 Å². The molecule has 0 spiro atoms. The van der Waals surface area contributed by atoms with Gasteiger partial charge in [0.25, 0.3) is 0 Å². The van der Waals surface area contributed by atoms with Crippen LogP contribution in [0.1, 0.15) is 51.2 Å². The van der Waals surface area contributed by atoms with Crippen molar-refractivity contribution in [3.8, 4) is 0 Å². The number of aromatic nitrogens is 1. The average molecular weight is 457 g/mol. The number of nitrogen functional groups attached to an aromatic ring is 1. The van der Waals surface area contributed by atoms with Crippen molar-refractivity contribution in [3.05, 3.63) is 59.8 Å². The van der Waals surface area contributed by atoms with Gasteiger partial charge in [0.1, 0.15) is 12.4 Å². The number of amides is 2. The lowest BCUT2D eigenvalue weighted by Crippen LogP contribution is -2.41. The smallest absolute Gasteiger partial charge is 0.307 e. The normalized spacial score (nSPS) is 10.1. The van der Waals surface area contributed by atoms with Crippen LogP contribution in [0.2, 0.25) is 0 Å². The van der Waals surface area contributed by atoms with Crippen LogP contribution in [0, 0.1) is 0 Å². The van der Waals surface area contributed by atoms with Gasteiger partial charge in [-0.2, -0.15) is 0 Å². The van der Waals surface area contributed by atoms with Crippen molar-refractivity contribution in [2.45, 2.75) is 53.1 Å². The van der Waals surface area contributed by atoms with Crippen LogP contribution in [0.15, 0.2) is 48.7 Å². The Hall–Kier alpha value is -3.42. The summed E-state index contributed by atoms with van der Waals surface area (Å²) in [5.74, 6) is -0.273. The first-order valence-electron chi connectivity index (χ1n) is 10.9. The number of benzene rings is 1. The third-order valence-electron chi connectivity index (χ3n) is 4.78. The van der Waals surface area contributed by atoms with Crippen LogP contribution in [-0.4, -0.2) is 47.3 Å². The summed E-state index contributed by atoms with van der Waals surface area (Å²) in [5, 5.41) is 2.69. The third kappa shape index (κ3) is 11.1. The summed E-state index contributed by atoms with van der Waals surface area (Å²) in [6.07, 6.45) is 4.22. The van der Waals surface area contributed by atoms with E-state index in [9.17, 15) is 14.4 Å². The van der Waals surface area contributed by atoms with Gasteiger partial charge in [0.2, 0.25) is 11.8 Å². The Kier molecular flexibility index (Phi) is 12.9. The van der Waals surface area contributed by atoms with E-state index in [0.29, 0.717) is 25.2 Å². The first kappa shape index (κ1) is 27.6. The number of carbonyl (C=O) groups excluding carboxylic acids is 3. The number of anilines is 1. The van der Waals surface area contributed by atoms with Crippen LogP contribution in [0.5, 0.6) is 0 Å². The highest BCUT2D eigenvalue weighted by molar-refractivity contribution is 5.85. The molecule has 0 radical (unpaired) electrons. The molecule has 0 bridgehead atoms. The summed E-state index contributed by atoms with van der Waals surface area (Å²) in [5.41, 5.74) is 7.62. The molecule has 2 aromatic rings. The van der Waals surface area contributed by atoms with E-state index in [1.54, 1.807) is 17.2 Å². The highest BCUT2D eigenvalue weighted by Gasteiger charge is 2.16. The van der Waals surface area contributed by atoms with Gasteiger partial charge in [-0.3, -0.25) is 14.4 Å². The summed E-state index contributed by atoms with van der Waals surface area (Å²) in [4.78, 5) is 42.2. The van der Waals surface area contributed by atoms with Crippen molar-refractivity contribution in [1.29, 1.82) is 0 Å². The minimum absolute atomic E-state index is 0. The van der Waals surface area contributed by atoms with Gasteiger partial charge in [0.15, 0.2) is 0 Å². The van der Waals surface area contributed by atoms with Crippen LogP contribution < -0.4 is 11.1 Å². The summed E-state index contributed by atoms with van der Waals surface area (Å²) >= 11 is 0. The lowest BCUT2D eigenvalue weighted by atomic mass is 10.1. The Morgan fingerprint density at radius 1 is 1.09 bits per heavy atom. The molecule has 180 valence electrons. The maximum absolute atomic E-state index is 12.6. The second kappa shape index (κ2) is 15.4. The fraction of sp³-hybridized carbons (Fsp3) is 0.440. The monoisotopic (exact) mass is 456 g/mol. The number of hydrogen-bond donors (Lipinski definition) is 2. The van der Waals surface area contributed by atoms with E-state index < -0.39 is 0 Å². The quantitative estimate of drug-likeness (QED) is 0.448. The third-order valence-corrected chi connectivity index (χ3v) is 4.78. The molecular formula is C25H36N4O4. The van der Waals surface area contributed by atoms with Gasteiger partial charge in [-0.1, -0.05) is 44.7 Å². The lowest BCUT2D eigenvalue weighted by Gasteiger charge is -2.21. The standard InChI is InChI=1S/C24H32N4O4.CH4/c1-2-15-28(23(30)10-6-9-19-11-13-26-21(25)16-19)17-22(29)27-14-12-24(31)32-18-20-7-4-3-5-8-20;/h3-5,7-8,11,13,16H,2,6,9-10,12,14-15,17-18H2,1H3,(H2,25,26)(H,27,29);1H4. The Morgan fingerprint density at radius 3 is 2.55 bits per heavy atom. The van der Waals surface area contributed by atoms with Crippen molar-refractivity contribution < 1.29 is 19.1 Å². The van der Waals surface area contributed by atoms with Crippen LogP contribution in [0.25, 0.3) is 0 Å². The molecule has 0 saturated carbocycles. The van der Waals surface area contributed by atoms with Gasteiger partial charge in [0, 0.05) is 25.7 Å². The molecule has 0 aliphatic carbocycles. The molecule has 1 aromatic carbocycles. The molecule has 0 unspecified atom stereocenters. The van der Waals surface area contributed by atoms with Crippen molar-refractivity contribution in [1.82, 2.24) is 15.2 Å². The molecule has 0 atom stereocenters. The Morgan fingerprint density at radius 2 is 1.85 bits per heavy atom. The number of nitrogens with one attached hydrogen (secondary N) is 1. The molecule has 1 aromatic heterocycles.